The molecule has 1 aliphatic rings. The molecule has 0 aromatic heterocycles. The second-order valence-electron chi connectivity index (χ2n) is 5.09. The summed E-state index contributed by atoms with van der Waals surface area (Å²) in [6.45, 7) is 2.06. The fraction of sp³-hybridized carbons (Fsp3) is 0.571. The maximum atomic E-state index is 13.7. The summed E-state index contributed by atoms with van der Waals surface area (Å²) >= 11 is 0. The highest BCUT2D eigenvalue weighted by molar-refractivity contribution is 5.20. The Labute approximate surface area is 103 Å². The molecule has 0 saturated heterocycles. The Morgan fingerprint density at radius 2 is 2.06 bits per heavy atom. The van der Waals surface area contributed by atoms with Crippen LogP contribution in [0.15, 0.2) is 24.3 Å². The predicted molar refractivity (Wildman–Crippen MR) is 68.2 cm³/mol. The third-order valence-corrected chi connectivity index (χ3v) is 3.99. The molecular weight excluding hydrogens is 215 g/mol. The average Bonchev–Trinajstić information content (AvgIpc) is 2.75. The summed E-state index contributed by atoms with van der Waals surface area (Å²) in [6, 6.07) is 7.92. The van der Waals surface area contributed by atoms with Gasteiger partial charge >= 0.3 is 0 Å². The number of nitrogens with zero attached hydrogens (tertiary/aromatic N) is 1. The highest BCUT2D eigenvalue weighted by atomic mass is 19.1. The predicted octanol–water partition coefficient (Wildman–Crippen LogP) is 2.70. The Kier molecular flexibility index (Phi) is 3.79. The first-order valence-corrected chi connectivity index (χ1v) is 6.31. The summed E-state index contributed by atoms with van der Waals surface area (Å²) < 4.78 is 13.7. The monoisotopic (exact) mass is 236 g/mol. The third-order valence-electron chi connectivity index (χ3n) is 3.99. The Bertz CT molecular complexity index is 380. The molecular formula is C14H21FN2. The summed E-state index contributed by atoms with van der Waals surface area (Å²) in [5.41, 5.74) is 6.70. The van der Waals surface area contributed by atoms with Gasteiger partial charge in [-0.25, -0.2) is 4.39 Å². The first-order chi connectivity index (χ1) is 8.09. The molecule has 0 radical (unpaired) electrons. The van der Waals surface area contributed by atoms with Gasteiger partial charge in [0.1, 0.15) is 5.82 Å². The zero-order valence-corrected chi connectivity index (χ0v) is 10.6. The fourth-order valence-corrected chi connectivity index (χ4v) is 2.71. The number of rotatable bonds is 3. The van der Waals surface area contributed by atoms with Gasteiger partial charge in [0.2, 0.25) is 0 Å². The lowest BCUT2D eigenvalue weighted by molar-refractivity contribution is 0.183. The molecule has 0 aliphatic heterocycles. The van der Waals surface area contributed by atoms with Crippen molar-refractivity contribution in [3.05, 3.63) is 35.6 Å². The molecule has 2 nitrogen and oxygen atoms in total. The number of hydrogen-bond donors (Lipinski definition) is 1. The summed E-state index contributed by atoms with van der Waals surface area (Å²) in [4.78, 5) is 2.26. The molecule has 17 heavy (non-hydrogen) atoms. The molecule has 3 atom stereocenters. The van der Waals surface area contributed by atoms with Crippen molar-refractivity contribution in [3.63, 3.8) is 0 Å². The van der Waals surface area contributed by atoms with Crippen LogP contribution in [0.25, 0.3) is 0 Å². The van der Waals surface area contributed by atoms with E-state index in [1.807, 2.05) is 12.1 Å². The van der Waals surface area contributed by atoms with Crippen molar-refractivity contribution in [2.45, 2.75) is 44.3 Å². The second kappa shape index (κ2) is 5.15. The maximum Gasteiger partial charge on any atom is 0.127 e. The number of hydrogen-bond acceptors (Lipinski definition) is 2. The van der Waals surface area contributed by atoms with E-state index in [-0.39, 0.29) is 11.9 Å². The van der Waals surface area contributed by atoms with Crippen LogP contribution in [0.1, 0.15) is 37.8 Å². The lowest BCUT2D eigenvalue weighted by Crippen LogP contribution is -2.33. The van der Waals surface area contributed by atoms with Crippen LogP contribution in [0.3, 0.4) is 0 Å². The molecule has 0 bridgehead atoms. The second-order valence-corrected chi connectivity index (χ2v) is 5.09. The van der Waals surface area contributed by atoms with Crippen LogP contribution in [-0.4, -0.2) is 24.0 Å². The van der Waals surface area contributed by atoms with Crippen LogP contribution >= 0.6 is 0 Å². The average molecular weight is 236 g/mol. The molecule has 1 aromatic rings. The van der Waals surface area contributed by atoms with Gasteiger partial charge in [-0.15, -0.1) is 0 Å². The molecule has 3 unspecified atom stereocenters. The van der Waals surface area contributed by atoms with E-state index in [0.29, 0.717) is 12.1 Å². The summed E-state index contributed by atoms with van der Waals surface area (Å²) in [5, 5.41) is 0. The van der Waals surface area contributed by atoms with E-state index in [9.17, 15) is 4.39 Å². The van der Waals surface area contributed by atoms with E-state index >= 15 is 0 Å². The van der Waals surface area contributed by atoms with Gasteiger partial charge in [-0.2, -0.15) is 0 Å². The van der Waals surface area contributed by atoms with Crippen molar-refractivity contribution in [3.8, 4) is 0 Å². The standard InChI is InChI=1S/C14H21FN2/c1-10(13-5-3-4-6-14(13)15)17(2)12-8-7-11(16)9-12/h3-6,10-12H,7-9,16H2,1-2H3. The highest BCUT2D eigenvalue weighted by Crippen LogP contribution is 2.29. The molecule has 3 heteroatoms. The van der Waals surface area contributed by atoms with Crippen molar-refractivity contribution in [2.75, 3.05) is 7.05 Å². The van der Waals surface area contributed by atoms with Gasteiger partial charge in [-0.05, 0) is 39.3 Å². The van der Waals surface area contributed by atoms with Crippen molar-refractivity contribution in [2.24, 2.45) is 5.73 Å². The summed E-state index contributed by atoms with van der Waals surface area (Å²) in [6.07, 6.45) is 3.23. The fourth-order valence-electron chi connectivity index (χ4n) is 2.71. The molecule has 0 heterocycles. The Hall–Kier alpha value is -0.930. The molecule has 0 amide bonds. The van der Waals surface area contributed by atoms with Crippen LogP contribution in [0.5, 0.6) is 0 Å². The minimum atomic E-state index is -0.117. The maximum absolute atomic E-state index is 13.7. The van der Waals surface area contributed by atoms with Crippen molar-refractivity contribution in [1.29, 1.82) is 0 Å². The van der Waals surface area contributed by atoms with Crippen LogP contribution in [0.2, 0.25) is 0 Å². The zero-order valence-electron chi connectivity index (χ0n) is 10.6. The first-order valence-electron chi connectivity index (χ1n) is 6.31. The Morgan fingerprint density at radius 3 is 2.65 bits per heavy atom. The Balaban J connectivity index is 2.09. The molecule has 1 aliphatic carbocycles. The van der Waals surface area contributed by atoms with Crippen LogP contribution in [0, 0.1) is 5.82 Å². The van der Waals surface area contributed by atoms with Gasteiger partial charge < -0.3 is 5.73 Å². The van der Waals surface area contributed by atoms with E-state index in [1.165, 1.54) is 6.07 Å². The van der Waals surface area contributed by atoms with Gasteiger partial charge in [0.15, 0.2) is 0 Å². The van der Waals surface area contributed by atoms with E-state index in [2.05, 4.69) is 18.9 Å². The molecule has 0 spiro atoms. The third kappa shape index (κ3) is 2.67. The van der Waals surface area contributed by atoms with Crippen LogP contribution in [-0.2, 0) is 0 Å². The number of halogens is 1. The minimum Gasteiger partial charge on any atom is -0.328 e. The smallest absolute Gasteiger partial charge is 0.127 e. The quantitative estimate of drug-likeness (QED) is 0.874. The molecule has 94 valence electrons. The normalized spacial score (nSPS) is 26.4. The topological polar surface area (TPSA) is 29.3 Å². The minimum absolute atomic E-state index is 0.103. The SMILES string of the molecule is CC(c1ccccc1F)N(C)C1CCC(N)C1. The van der Waals surface area contributed by atoms with E-state index < -0.39 is 0 Å². The summed E-state index contributed by atoms with van der Waals surface area (Å²) in [5.74, 6) is -0.117. The first kappa shape index (κ1) is 12.5. The van der Waals surface area contributed by atoms with Gasteiger partial charge in [0.25, 0.3) is 0 Å². The molecule has 2 rings (SSSR count). The van der Waals surface area contributed by atoms with Gasteiger partial charge in [0, 0.05) is 23.7 Å². The lowest BCUT2D eigenvalue weighted by Gasteiger charge is -2.31. The summed E-state index contributed by atoms with van der Waals surface area (Å²) in [7, 11) is 2.07. The molecule has 1 aromatic carbocycles. The molecule has 1 saturated carbocycles. The van der Waals surface area contributed by atoms with Crippen molar-refractivity contribution >= 4 is 0 Å². The van der Waals surface area contributed by atoms with Gasteiger partial charge in [0.05, 0.1) is 0 Å². The van der Waals surface area contributed by atoms with Gasteiger partial charge in [-0.1, -0.05) is 18.2 Å². The van der Waals surface area contributed by atoms with Crippen molar-refractivity contribution < 1.29 is 4.39 Å². The molecule has 2 N–H and O–H groups in total. The van der Waals surface area contributed by atoms with E-state index in [1.54, 1.807) is 6.07 Å². The number of nitrogens with two attached hydrogens (primary N) is 1. The van der Waals surface area contributed by atoms with Crippen LogP contribution in [0.4, 0.5) is 4.39 Å². The van der Waals surface area contributed by atoms with Crippen LogP contribution < -0.4 is 5.73 Å². The number of benzene rings is 1. The van der Waals surface area contributed by atoms with Gasteiger partial charge in [-0.3, -0.25) is 4.90 Å². The molecule has 1 fully saturated rings. The Morgan fingerprint density at radius 1 is 1.35 bits per heavy atom. The lowest BCUT2D eigenvalue weighted by atomic mass is 10.0. The zero-order chi connectivity index (χ0) is 12.4. The van der Waals surface area contributed by atoms with Crippen molar-refractivity contribution in [1.82, 2.24) is 4.90 Å². The van der Waals surface area contributed by atoms with E-state index in [4.69, 9.17) is 5.73 Å². The van der Waals surface area contributed by atoms with E-state index in [0.717, 1.165) is 24.8 Å². The highest BCUT2D eigenvalue weighted by Gasteiger charge is 2.28. The largest absolute Gasteiger partial charge is 0.328 e.